The third-order valence-corrected chi connectivity index (χ3v) is 4.76. The number of Topliss-reactive ketones (excluding diaryl/α,β-unsaturated/α-hetero) is 1. The molecule has 2 unspecified atom stereocenters. The highest BCUT2D eigenvalue weighted by Gasteiger charge is 2.65. The largest absolute Gasteiger partial charge is 0.347 e. The van der Waals surface area contributed by atoms with Gasteiger partial charge in [-0.05, 0) is 10.8 Å². The number of ether oxygens (including phenoxy) is 2. The number of ketones is 1. The Bertz CT molecular complexity index is 295. The number of rotatable bonds is 0. The van der Waals surface area contributed by atoms with Crippen LogP contribution in [0.3, 0.4) is 0 Å². The Balaban J connectivity index is 1.94. The second kappa shape index (κ2) is 2.64. The van der Waals surface area contributed by atoms with Crippen LogP contribution in [-0.2, 0) is 14.3 Å². The molecule has 0 aromatic heterocycles. The Kier molecular flexibility index (Phi) is 1.72. The van der Waals surface area contributed by atoms with Crippen LogP contribution in [0, 0.1) is 10.8 Å². The van der Waals surface area contributed by atoms with E-state index in [1.165, 1.54) is 0 Å². The number of hydrogen-bond acceptors (Lipinski definition) is 3. The molecule has 1 spiro atoms. The molecule has 84 valence electrons. The predicted molar refractivity (Wildman–Crippen MR) is 54.3 cm³/mol. The Morgan fingerprint density at radius 3 is 1.93 bits per heavy atom. The summed E-state index contributed by atoms with van der Waals surface area (Å²) in [5.41, 5.74) is 0.183. The molecule has 15 heavy (non-hydrogen) atoms. The summed E-state index contributed by atoms with van der Waals surface area (Å²) in [5.74, 6) is 0.0531. The molecule has 0 aromatic rings. The van der Waals surface area contributed by atoms with E-state index in [0.29, 0.717) is 31.8 Å². The molecule has 3 heteroatoms. The maximum Gasteiger partial charge on any atom is 0.169 e. The van der Waals surface area contributed by atoms with Crippen LogP contribution in [0.1, 0.15) is 39.5 Å². The Labute approximate surface area is 90.1 Å². The van der Waals surface area contributed by atoms with Crippen LogP contribution in [-0.4, -0.2) is 24.8 Å². The van der Waals surface area contributed by atoms with Crippen LogP contribution >= 0.6 is 0 Å². The van der Waals surface area contributed by atoms with E-state index < -0.39 is 0 Å². The molecule has 1 aliphatic heterocycles. The number of fused-ring (bicyclic) bond motifs is 1. The van der Waals surface area contributed by atoms with Gasteiger partial charge in [-0.1, -0.05) is 13.8 Å². The summed E-state index contributed by atoms with van der Waals surface area (Å²) in [4.78, 5) is 11.6. The summed E-state index contributed by atoms with van der Waals surface area (Å²) in [6.07, 6.45) is 3.19. The number of carbonyl (C=O) groups excluding carboxylic acids is 1. The summed E-state index contributed by atoms with van der Waals surface area (Å²) < 4.78 is 11.5. The van der Waals surface area contributed by atoms with Crippen molar-refractivity contribution >= 4 is 5.78 Å². The van der Waals surface area contributed by atoms with E-state index in [9.17, 15) is 4.79 Å². The molecule has 1 heterocycles. The van der Waals surface area contributed by atoms with Crippen molar-refractivity contribution in [3.05, 3.63) is 0 Å². The molecule has 0 radical (unpaired) electrons. The molecule has 1 saturated heterocycles. The van der Waals surface area contributed by atoms with Gasteiger partial charge in [0.15, 0.2) is 5.79 Å². The fraction of sp³-hybridized carbons (Fsp3) is 0.917. The van der Waals surface area contributed by atoms with Crippen LogP contribution in [0.4, 0.5) is 0 Å². The second-order valence-corrected chi connectivity index (χ2v) is 5.97. The average Bonchev–Trinajstić information content (AvgIpc) is 2.62. The van der Waals surface area contributed by atoms with Gasteiger partial charge < -0.3 is 9.47 Å². The zero-order valence-corrected chi connectivity index (χ0v) is 9.47. The lowest BCUT2D eigenvalue weighted by Crippen LogP contribution is -2.28. The van der Waals surface area contributed by atoms with E-state index in [0.717, 1.165) is 12.8 Å². The molecule has 3 aliphatic rings. The molecule has 2 saturated carbocycles. The van der Waals surface area contributed by atoms with E-state index in [4.69, 9.17) is 9.47 Å². The van der Waals surface area contributed by atoms with Gasteiger partial charge in [0, 0.05) is 25.7 Å². The van der Waals surface area contributed by atoms with E-state index in [1.54, 1.807) is 0 Å². The molecule has 2 aliphatic carbocycles. The smallest absolute Gasteiger partial charge is 0.169 e. The fourth-order valence-electron chi connectivity index (χ4n) is 3.86. The third-order valence-electron chi connectivity index (χ3n) is 4.76. The van der Waals surface area contributed by atoms with Crippen LogP contribution in [0.25, 0.3) is 0 Å². The molecular weight excluding hydrogens is 192 g/mol. The first kappa shape index (κ1) is 9.79. The topological polar surface area (TPSA) is 35.5 Å². The number of hydrogen-bond donors (Lipinski definition) is 0. The first-order chi connectivity index (χ1) is 6.97. The van der Waals surface area contributed by atoms with E-state index in [1.807, 2.05) is 0 Å². The van der Waals surface area contributed by atoms with Crippen molar-refractivity contribution in [3.8, 4) is 0 Å². The van der Waals surface area contributed by atoms with Crippen molar-refractivity contribution in [1.82, 2.24) is 0 Å². The quantitative estimate of drug-likeness (QED) is 0.612. The zero-order valence-electron chi connectivity index (χ0n) is 9.47. The van der Waals surface area contributed by atoms with Crippen LogP contribution < -0.4 is 0 Å². The van der Waals surface area contributed by atoms with Crippen molar-refractivity contribution in [2.24, 2.45) is 10.8 Å². The molecule has 3 fully saturated rings. The lowest BCUT2D eigenvalue weighted by molar-refractivity contribution is -0.160. The van der Waals surface area contributed by atoms with Crippen molar-refractivity contribution in [2.45, 2.75) is 45.3 Å². The van der Waals surface area contributed by atoms with Crippen LogP contribution in [0.2, 0.25) is 0 Å². The van der Waals surface area contributed by atoms with Gasteiger partial charge >= 0.3 is 0 Å². The van der Waals surface area contributed by atoms with Crippen molar-refractivity contribution in [1.29, 1.82) is 0 Å². The molecule has 2 atom stereocenters. The van der Waals surface area contributed by atoms with E-state index in [2.05, 4.69) is 13.8 Å². The fourth-order valence-corrected chi connectivity index (χ4v) is 3.86. The predicted octanol–water partition coefficient (Wildman–Crippen LogP) is 1.90. The van der Waals surface area contributed by atoms with E-state index in [-0.39, 0.29) is 16.6 Å². The van der Waals surface area contributed by atoms with Gasteiger partial charge in [-0.3, -0.25) is 4.79 Å². The van der Waals surface area contributed by atoms with Gasteiger partial charge in [0.05, 0.1) is 13.2 Å². The van der Waals surface area contributed by atoms with Gasteiger partial charge in [-0.15, -0.1) is 0 Å². The van der Waals surface area contributed by atoms with Gasteiger partial charge in [-0.25, -0.2) is 0 Å². The molecule has 0 amide bonds. The molecule has 3 nitrogen and oxygen atoms in total. The summed E-state index contributed by atoms with van der Waals surface area (Å²) in [6, 6.07) is 0. The standard InChI is InChI=1S/C12H18O3/c1-10-5-9(13)6-11(10,2)8-12(7-10)14-3-4-15-12/h3-8H2,1-2H3. The minimum absolute atomic E-state index is 0.0917. The minimum atomic E-state index is -0.357. The summed E-state index contributed by atoms with van der Waals surface area (Å²) >= 11 is 0. The zero-order chi connectivity index (χ0) is 10.7. The van der Waals surface area contributed by atoms with Crippen molar-refractivity contribution in [3.63, 3.8) is 0 Å². The first-order valence-electron chi connectivity index (χ1n) is 5.77. The summed E-state index contributed by atoms with van der Waals surface area (Å²) in [7, 11) is 0. The van der Waals surface area contributed by atoms with Gasteiger partial charge in [0.25, 0.3) is 0 Å². The summed E-state index contributed by atoms with van der Waals surface area (Å²) in [6.45, 7) is 5.86. The Morgan fingerprint density at radius 1 is 1.00 bits per heavy atom. The lowest BCUT2D eigenvalue weighted by Gasteiger charge is -2.32. The maximum atomic E-state index is 11.6. The molecule has 0 bridgehead atoms. The second-order valence-electron chi connectivity index (χ2n) is 5.97. The van der Waals surface area contributed by atoms with Gasteiger partial charge in [0.2, 0.25) is 0 Å². The summed E-state index contributed by atoms with van der Waals surface area (Å²) in [5, 5.41) is 0. The molecular formula is C12H18O3. The Hall–Kier alpha value is -0.410. The molecule has 0 N–H and O–H groups in total. The van der Waals surface area contributed by atoms with Crippen molar-refractivity contribution in [2.75, 3.05) is 13.2 Å². The van der Waals surface area contributed by atoms with E-state index >= 15 is 0 Å². The molecule has 3 rings (SSSR count). The van der Waals surface area contributed by atoms with Gasteiger partial charge in [-0.2, -0.15) is 0 Å². The maximum absolute atomic E-state index is 11.6. The Morgan fingerprint density at radius 2 is 1.47 bits per heavy atom. The highest BCUT2D eigenvalue weighted by atomic mass is 16.7. The SMILES string of the molecule is CC12CC(=O)CC1(C)CC1(C2)OCCO1. The first-order valence-corrected chi connectivity index (χ1v) is 5.77. The lowest BCUT2D eigenvalue weighted by atomic mass is 9.71. The van der Waals surface area contributed by atoms with Crippen molar-refractivity contribution < 1.29 is 14.3 Å². The monoisotopic (exact) mass is 210 g/mol. The number of carbonyl (C=O) groups is 1. The van der Waals surface area contributed by atoms with Crippen LogP contribution in [0.5, 0.6) is 0 Å². The normalized spacial score (nSPS) is 47.7. The average molecular weight is 210 g/mol. The highest BCUT2D eigenvalue weighted by Crippen LogP contribution is 2.65. The minimum Gasteiger partial charge on any atom is -0.347 e. The van der Waals surface area contributed by atoms with Crippen LogP contribution in [0.15, 0.2) is 0 Å². The third kappa shape index (κ3) is 1.16. The highest BCUT2D eigenvalue weighted by molar-refractivity contribution is 5.83. The van der Waals surface area contributed by atoms with Gasteiger partial charge in [0.1, 0.15) is 5.78 Å². The molecule has 0 aromatic carbocycles.